The first kappa shape index (κ1) is 10.8. The van der Waals surface area contributed by atoms with Crippen molar-refractivity contribution >= 4 is 6.08 Å². The molecular weight excluding hydrogens is 168 g/mol. The smallest absolute Gasteiger partial charge is 0.0109 e. The molecule has 0 amide bonds. The lowest BCUT2D eigenvalue weighted by Crippen LogP contribution is -2.13. The molecule has 0 bridgehead atoms. The normalized spacial score (nSPS) is 11.1. The van der Waals surface area contributed by atoms with E-state index in [0.29, 0.717) is 0 Å². The van der Waals surface area contributed by atoms with Crippen LogP contribution in [0.4, 0.5) is 0 Å². The van der Waals surface area contributed by atoms with Crippen LogP contribution in [0.5, 0.6) is 0 Å². The third kappa shape index (κ3) is 1.95. The molecule has 0 atom stereocenters. The maximum atomic E-state index is 3.85. The second-order valence-electron chi connectivity index (χ2n) is 4.40. The number of benzene rings is 1. The van der Waals surface area contributed by atoms with Crippen LogP contribution in [0.2, 0.25) is 0 Å². The Balaban J connectivity index is 3.44. The Morgan fingerprint density at radius 3 is 2.36 bits per heavy atom. The van der Waals surface area contributed by atoms with E-state index in [9.17, 15) is 0 Å². The Hall–Kier alpha value is -1.30. The Morgan fingerprint density at radius 1 is 1.29 bits per heavy atom. The molecule has 0 saturated carbocycles. The lowest BCUT2D eigenvalue weighted by atomic mass is 9.82. The second-order valence-corrected chi connectivity index (χ2v) is 4.40. The lowest BCUT2D eigenvalue weighted by Gasteiger charge is -2.22. The standard InChI is InChI=1S/C14H17/c1-6-11-9-8-10-13(12(11)7-2)14(3,4)5/h7-10H,1-2H2,3-5H3. The van der Waals surface area contributed by atoms with Gasteiger partial charge in [-0.25, -0.2) is 0 Å². The molecule has 0 spiro atoms. The molecule has 0 heteroatoms. The van der Waals surface area contributed by atoms with Crippen LogP contribution in [-0.4, -0.2) is 0 Å². The average Bonchev–Trinajstić information content (AvgIpc) is 2.15. The van der Waals surface area contributed by atoms with Gasteiger partial charge in [0, 0.05) is 0 Å². The first-order valence-electron chi connectivity index (χ1n) is 4.79. The molecule has 73 valence electrons. The van der Waals surface area contributed by atoms with Crippen LogP contribution in [0.15, 0.2) is 31.4 Å². The fraction of sp³-hybridized carbons (Fsp3) is 0.286. The molecule has 0 unspecified atom stereocenters. The molecule has 0 heterocycles. The summed E-state index contributed by atoms with van der Waals surface area (Å²) < 4.78 is 0. The Morgan fingerprint density at radius 2 is 1.93 bits per heavy atom. The molecule has 1 rings (SSSR count). The maximum absolute atomic E-state index is 3.85. The van der Waals surface area contributed by atoms with E-state index in [0.717, 1.165) is 11.1 Å². The largest absolute Gasteiger partial charge is 0.0984 e. The minimum Gasteiger partial charge on any atom is -0.0984 e. The third-order valence-corrected chi connectivity index (χ3v) is 2.31. The third-order valence-electron chi connectivity index (χ3n) is 2.31. The van der Waals surface area contributed by atoms with E-state index >= 15 is 0 Å². The maximum Gasteiger partial charge on any atom is -0.0109 e. The highest BCUT2D eigenvalue weighted by atomic mass is 14.2. The molecule has 0 N–H and O–H groups in total. The van der Waals surface area contributed by atoms with Crippen LogP contribution in [0, 0.1) is 6.08 Å². The molecule has 0 aliphatic carbocycles. The fourth-order valence-corrected chi connectivity index (χ4v) is 1.59. The summed E-state index contributed by atoms with van der Waals surface area (Å²) in [6.45, 7) is 14.1. The summed E-state index contributed by atoms with van der Waals surface area (Å²) in [6.07, 6.45) is 4.82. The summed E-state index contributed by atoms with van der Waals surface area (Å²) in [5.41, 5.74) is 3.61. The van der Waals surface area contributed by atoms with Gasteiger partial charge in [0.05, 0.1) is 0 Å². The van der Waals surface area contributed by atoms with E-state index in [1.54, 1.807) is 0 Å². The van der Waals surface area contributed by atoms with Gasteiger partial charge >= 0.3 is 0 Å². The van der Waals surface area contributed by atoms with E-state index in [1.165, 1.54) is 5.56 Å². The van der Waals surface area contributed by atoms with Gasteiger partial charge in [0.2, 0.25) is 0 Å². The highest BCUT2D eigenvalue weighted by molar-refractivity contribution is 5.59. The number of hydrogen-bond acceptors (Lipinski definition) is 0. The molecule has 14 heavy (non-hydrogen) atoms. The molecule has 1 aromatic carbocycles. The summed E-state index contributed by atoms with van der Waals surface area (Å²) >= 11 is 0. The Kier molecular flexibility index (Phi) is 2.95. The second kappa shape index (κ2) is 3.83. The monoisotopic (exact) mass is 185 g/mol. The molecular formula is C14H17. The van der Waals surface area contributed by atoms with Gasteiger partial charge < -0.3 is 0 Å². The molecule has 0 saturated heterocycles. The van der Waals surface area contributed by atoms with E-state index in [2.05, 4.69) is 46.1 Å². The molecule has 0 aliphatic heterocycles. The van der Waals surface area contributed by atoms with Crippen molar-refractivity contribution < 1.29 is 0 Å². The van der Waals surface area contributed by atoms with Gasteiger partial charge in [-0.3, -0.25) is 0 Å². The van der Waals surface area contributed by atoms with Crippen molar-refractivity contribution in [3.63, 3.8) is 0 Å². The lowest BCUT2D eigenvalue weighted by molar-refractivity contribution is 0.589. The van der Waals surface area contributed by atoms with Gasteiger partial charge in [-0.1, -0.05) is 58.2 Å². The van der Waals surface area contributed by atoms with Gasteiger partial charge in [0.15, 0.2) is 0 Å². The molecule has 0 aliphatic rings. The van der Waals surface area contributed by atoms with Crippen molar-refractivity contribution in [2.24, 2.45) is 0 Å². The molecule has 0 aromatic heterocycles. The van der Waals surface area contributed by atoms with E-state index in [4.69, 9.17) is 0 Å². The first-order chi connectivity index (χ1) is 6.50. The van der Waals surface area contributed by atoms with Crippen LogP contribution in [0.3, 0.4) is 0 Å². The predicted molar refractivity (Wildman–Crippen MR) is 63.2 cm³/mol. The highest BCUT2D eigenvalue weighted by Crippen LogP contribution is 2.28. The van der Waals surface area contributed by atoms with Gasteiger partial charge in [0.25, 0.3) is 0 Å². The topological polar surface area (TPSA) is 0 Å². The fourth-order valence-electron chi connectivity index (χ4n) is 1.59. The number of rotatable bonds is 2. The van der Waals surface area contributed by atoms with E-state index in [-0.39, 0.29) is 5.41 Å². The van der Waals surface area contributed by atoms with Crippen LogP contribution < -0.4 is 0 Å². The summed E-state index contributed by atoms with van der Waals surface area (Å²) in [6, 6.07) is 6.19. The zero-order valence-corrected chi connectivity index (χ0v) is 9.22. The van der Waals surface area contributed by atoms with Gasteiger partial charge in [0.1, 0.15) is 0 Å². The Bertz CT molecular complexity index is 351. The number of hydrogen-bond donors (Lipinski definition) is 0. The van der Waals surface area contributed by atoms with E-state index in [1.807, 2.05) is 18.2 Å². The van der Waals surface area contributed by atoms with Gasteiger partial charge in [-0.15, -0.1) is 0 Å². The molecule has 1 aromatic rings. The molecule has 0 nitrogen and oxygen atoms in total. The summed E-state index contributed by atoms with van der Waals surface area (Å²) in [4.78, 5) is 0. The van der Waals surface area contributed by atoms with Gasteiger partial charge in [-0.2, -0.15) is 0 Å². The summed E-state index contributed by atoms with van der Waals surface area (Å²) in [7, 11) is 0. The van der Waals surface area contributed by atoms with Crippen LogP contribution in [0.25, 0.3) is 6.08 Å². The van der Waals surface area contributed by atoms with Crippen molar-refractivity contribution in [3.8, 4) is 0 Å². The van der Waals surface area contributed by atoms with Crippen molar-refractivity contribution in [3.05, 3.63) is 54.1 Å². The predicted octanol–water partition coefficient (Wildman–Crippen LogP) is 3.96. The van der Waals surface area contributed by atoms with Gasteiger partial charge in [-0.05, 0) is 28.2 Å². The summed E-state index contributed by atoms with van der Waals surface area (Å²) in [5, 5.41) is 0. The van der Waals surface area contributed by atoms with Crippen molar-refractivity contribution in [1.82, 2.24) is 0 Å². The van der Waals surface area contributed by atoms with Crippen LogP contribution >= 0.6 is 0 Å². The zero-order chi connectivity index (χ0) is 10.8. The molecule has 0 fully saturated rings. The minimum absolute atomic E-state index is 0.135. The SMILES string of the molecule is C=[C]c1cccc(C(C)(C)C)c1C=C. The highest BCUT2D eigenvalue weighted by Gasteiger charge is 2.17. The zero-order valence-electron chi connectivity index (χ0n) is 9.22. The summed E-state index contributed by atoms with van der Waals surface area (Å²) in [5.74, 6) is 0. The average molecular weight is 185 g/mol. The van der Waals surface area contributed by atoms with Crippen molar-refractivity contribution in [2.75, 3.05) is 0 Å². The van der Waals surface area contributed by atoms with Crippen LogP contribution in [-0.2, 0) is 5.41 Å². The quantitative estimate of drug-likeness (QED) is 0.654. The Labute approximate surface area is 87.0 Å². The first-order valence-corrected chi connectivity index (χ1v) is 4.79. The van der Waals surface area contributed by atoms with Crippen LogP contribution in [0.1, 0.15) is 37.5 Å². The molecule has 1 radical (unpaired) electrons. The van der Waals surface area contributed by atoms with Crippen molar-refractivity contribution in [1.29, 1.82) is 0 Å². The van der Waals surface area contributed by atoms with Crippen molar-refractivity contribution in [2.45, 2.75) is 26.2 Å². The minimum atomic E-state index is 0.135. The van der Waals surface area contributed by atoms with E-state index < -0.39 is 0 Å².